The topological polar surface area (TPSA) is 59.1 Å². The largest absolute Gasteiger partial charge is 0.481 e. The molecule has 4 nitrogen and oxygen atoms in total. The third-order valence-corrected chi connectivity index (χ3v) is 2.80. The SMILES string of the molecule is O=C(O)C1(CC2CO2)CCCOC1. The molecule has 2 heterocycles. The summed E-state index contributed by atoms with van der Waals surface area (Å²) < 4.78 is 10.3. The van der Waals surface area contributed by atoms with Gasteiger partial charge in [0, 0.05) is 6.61 Å². The van der Waals surface area contributed by atoms with E-state index in [1.807, 2.05) is 0 Å². The van der Waals surface area contributed by atoms with Crippen LogP contribution in [0.2, 0.25) is 0 Å². The van der Waals surface area contributed by atoms with E-state index in [1.54, 1.807) is 0 Å². The number of epoxide rings is 1. The normalized spacial score (nSPS) is 38.6. The quantitative estimate of drug-likeness (QED) is 0.658. The fraction of sp³-hybridized carbons (Fsp3) is 0.889. The van der Waals surface area contributed by atoms with Crippen molar-refractivity contribution < 1.29 is 19.4 Å². The second-order valence-electron chi connectivity index (χ2n) is 3.90. The van der Waals surface area contributed by atoms with Gasteiger partial charge in [-0.2, -0.15) is 0 Å². The molecule has 0 saturated carbocycles. The number of aliphatic carboxylic acids is 1. The molecule has 2 fully saturated rings. The lowest BCUT2D eigenvalue weighted by molar-refractivity contribution is -0.158. The van der Waals surface area contributed by atoms with Gasteiger partial charge in [-0.1, -0.05) is 0 Å². The molecule has 0 aromatic heterocycles. The maximum absolute atomic E-state index is 11.1. The number of rotatable bonds is 3. The van der Waals surface area contributed by atoms with Crippen LogP contribution in [0.25, 0.3) is 0 Å². The van der Waals surface area contributed by atoms with Crippen molar-refractivity contribution in [3.63, 3.8) is 0 Å². The first-order valence-electron chi connectivity index (χ1n) is 4.66. The maximum atomic E-state index is 11.1. The third-order valence-electron chi connectivity index (χ3n) is 2.80. The molecule has 1 N–H and O–H groups in total. The van der Waals surface area contributed by atoms with Gasteiger partial charge < -0.3 is 14.6 Å². The van der Waals surface area contributed by atoms with Crippen molar-refractivity contribution in [2.45, 2.75) is 25.4 Å². The fourth-order valence-corrected chi connectivity index (χ4v) is 1.89. The highest BCUT2D eigenvalue weighted by atomic mass is 16.6. The van der Waals surface area contributed by atoms with Crippen LogP contribution in [0.1, 0.15) is 19.3 Å². The van der Waals surface area contributed by atoms with Crippen LogP contribution >= 0.6 is 0 Å². The lowest BCUT2D eigenvalue weighted by atomic mass is 9.78. The van der Waals surface area contributed by atoms with Crippen LogP contribution in [0.3, 0.4) is 0 Å². The van der Waals surface area contributed by atoms with E-state index in [0.717, 1.165) is 19.4 Å². The minimum absolute atomic E-state index is 0.165. The number of hydrogen-bond donors (Lipinski definition) is 1. The van der Waals surface area contributed by atoms with Gasteiger partial charge >= 0.3 is 5.97 Å². The average Bonchev–Trinajstić information content (AvgIpc) is 2.90. The molecule has 13 heavy (non-hydrogen) atoms. The van der Waals surface area contributed by atoms with Gasteiger partial charge in [0.1, 0.15) is 0 Å². The number of hydrogen-bond acceptors (Lipinski definition) is 3. The van der Waals surface area contributed by atoms with Gasteiger partial charge in [0.15, 0.2) is 0 Å². The van der Waals surface area contributed by atoms with Crippen molar-refractivity contribution in [2.24, 2.45) is 5.41 Å². The second-order valence-corrected chi connectivity index (χ2v) is 3.90. The first-order valence-corrected chi connectivity index (χ1v) is 4.66. The van der Waals surface area contributed by atoms with E-state index in [2.05, 4.69) is 0 Å². The van der Waals surface area contributed by atoms with E-state index in [-0.39, 0.29) is 6.10 Å². The Morgan fingerprint density at radius 3 is 2.85 bits per heavy atom. The predicted octanol–water partition coefficient (Wildman–Crippen LogP) is 0.657. The zero-order valence-electron chi connectivity index (χ0n) is 7.49. The fourth-order valence-electron chi connectivity index (χ4n) is 1.89. The van der Waals surface area contributed by atoms with Crippen molar-refractivity contribution >= 4 is 5.97 Å². The van der Waals surface area contributed by atoms with Crippen molar-refractivity contribution in [2.75, 3.05) is 19.8 Å². The molecule has 0 aromatic carbocycles. The molecule has 0 aromatic rings. The Morgan fingerprint density at radius 1 is 1.62 bits per heavy atom. The molecule has 0 spiro atoms. The highest BCUT2D eigenvalue weighted by Gasteiger charge is 2.45. The summed E-state index contributed by atoms with van der Waals surface area (Å²) in [7, 11) is 0. The summed E-state index contributed by atoms with van der Waals surface area (Å²) in [4.78, 5) is 11.1. The van der Waals surface area contributed by atoms with Crippen molar-refractivity contribution in [3.8, 4) is 0 Å². The Labute approximate surface area is 76.8 Å². The number of ether oxygens (including phenoxy) is 2. The third kappa shape index (κ3) is 1.84. The van der Waals surface area contributed by atoms with Gasteiger partial charge in [-0.05, 0) is 19.3 Å². The van der Waals surface area contributed by atoms with Gasteiger partial charge in [0.25, 0.3) is 0 Å². The molecule has 0 amide bonds. The molecule has 0 bridgehead atoms. The van der Waals surface area contributed by atoms with E-state index >= 15 is 0 Å². The van der Waals surface area contributed by atoms with Gasteiger partial charge in [-0.15, -0.1) is 0 Å². The molecular formula is C9H14O4. The molecule has 0 radical (unpaired) electrons. The van der Waals surface area contributed by atoms with Gasteiger partial charge in [-0.3, -0.25) is 4.79 Å². The molecule has 0 aliphatic carbocycles. The molecule has 2 aliphatic heterocycles. The minimum atomic E-state index is -0.734. The van der Waals surface area contributed by atoms with Crippen LogP contribution in [0.4, 0.5) is 0 Å². The van der Waals surface area contributed by atoms with E-state index in [1.165, 1.54) is 0 Å². The number of carboxylic acid groups (broad SMARTS) is 1. The summed E-state index contributed by atoms with van der Waals surface area (Å²) in [6, 6.07) is 0. The van der Waals surface area contributed by atoms with Crippen LogP contribution in [0, 0.1) is 5.41 Å². The lowest BCUT2D eigenvalue weighted by Gasteiger charge is -2.32. The van der Waals surface area contributed by atoms with E-state index < -0.39 is 11.4 Å². The lowest BCUT2D eigenvalue weighted by Crippen LogP contribution is -2.40. The maximum Gasteiger partial charge on any atom is 0.312 e. The van der Waals surface area contributed by atoms with Gasteiger partial charge in [0.2, 0.25) is 0 Å². The molecule has 74 valence electrons. The average molecular weight is 186 g/mol. The molecule has 2 rings (SSSR count). The van der Waals surface area contributed by atoms with Gasteiger partial charge in [-0.25, -0.2) is 0 Å². The standard InChI is InChI=1S/C9H14O4/c10-8(11)9(4-7-5-13-7)2-1-3-12-6-9/h7H,1-6H2,(H,10,11). The zero-order chi connectivity index (χ0) is 9.31. The first kappa shape index (κ1) is 8.97. The van der Waals surface area contributed by atoms with Crippen molar-refractivity contribution in [1.29, 1.82) is 0 Å². The molecule has 2 atom stereocenters. The Hall–Kier alpha value is -0.610. The summed E-state index contributed by atoms with van der Waals surface area (Å²) in [6.45, 7) is 1.76. The Kier molecular flexibility index (Phi) is 2.26. The van der Waals surface area contributed by atoms with Crippen molar-refractivity contribution in [3.05, 3.63) is 0 Å². The van der Waals surface area contributed by atoms with Crippen molar-refractivity contribution in [1.82, 2.24) is 0 Å². The monoisotopic (exact) mass is 186 g/mol. The smallest absolute Gasteiger partial charge is 0.312 e. The summed E-state index contributed by atoms with van der Waals surface area (Å²) >= 11 is 0. The molecule has 2 unspecified atom stereocenters. The van der Waals surface area contributed by atoms with Crippen LogP contribution in [-0.4, -0.2) is 37.0 Å². The highest BCUT2D eigenvalue weighted by Crippen LogP contribution is 2.37. The van der Waals surface area contributed by atoms with Gasteiger partial charge in [0.05, 0.1) is 24.7 Å². The molecular weight excluding hydrogens is 172 g/mol. The van der Waals surface area contributed by atoms with Crippen LogP contribution < -0.4 is 0 Å². The Balaban J connectivity index is 2.02. The van der Waals surface area contributed by atoms with Crippen LogP contribution in [0.5, 0.6) is 0 Å². The summed E-state index contributed by atoms with van der Waals surface area (Å²) in [5, 5.41) is 9.13. The second kappa shape index (κ2) is 3.27. The summed E-state index contributed by atoms with van der Waals surface area (Å²) in [6.07, 6.45) is 2.35. The molecule has 4 heteroatoms. The highest BCUT2D eigenvalue weighted by molar-refractivity contribution is 5.75. The number of carboxylic acids is 1. The van der Waals surface area contributed by atoms with E-state index in [9.17, 15) is 4.79 Å². The number of carbonyl (C=O) groups is 1. The first-order chi connectivity index (χ1) is 6.23. The zero-order valence-corrected chi connectivity index (χ0v) is 7.49. The van der Waals surface area contributed by atoms with E-state index in [0.29, 0.717) is 19.6 Å². The summed E-state index contributed by atoms with van der Waals surface area (Å²) in [5.41, 5.74) is -0.667. The molecule has 2 aliphatic rings. The Bertz CT molecular complexity index is 204. The van der Waals surface area contributed by atoms with E-state index in [4.69, 9.17) is 14.6 Å². The minimum Gasteiger partial charge on any atom is -0.481 e. The predicted molar refractivity (Wildman–Crippen MR) is 44.5 cm³/mol. The van der Waals surface area contributed by atoms with Crippen LogP contribution in [-0.2, 0) is 14.3 Å². The van der Waals surface area contributed by atoms with Crippen LogP contribution in [0.15, 0.2) is 0 Å². The Morgan fingerprint density at radius 2 is 2.38 bits per heavy atom. The molecule has 2 saturated heterocycles. The summed E-state index contributed by atoms with van der Waals surface area (Å²) in [5.74, 6) is -0.734.